The summed E-state index contributed by atoms with van der Waals surface area (Å²) in [5.41, 5.74) is 1.78. The summed E-state index contributed by atoms with van der Waals surface area (Å²) in [7, 11) is 3.34. The summed E-state index contributed by atoms with van der Waals surface area (Å²) >= 11 is 0. The summed E-state index contributed by atoms with van der Waals surface area (Å²) in [6.45, 7) is 3.33. The highest BCUT2D eigenvalue weighted by Crippen LogP contribution is 2.28. The van der Waals surface area contributed by atoms with Crippen molar-refractivity contribution in [2.75, 3.05) is 45.2 Å². The van der Waals surface area contributed by atoms with Gasteiger partial charge >= 0.3 is 5.97 Å². The topological polar surface area (TPSA) is 82.3 Å². The van der Waals surface area contributed by atoms with Crippen molar-refractivity contribution in [3.63, 3.8) is 0 Å². The maximum absolute atomic E-state index is 12.0. The summed E-state index contributed by atoms with van der Waals surface area (Å²) in [5.74, 6) is -1.10. The number of fused-ring (bicyclic) bond motifs is 1. The smallest absolute Gasteiger partial charge is 0.329 e. The van der Waals surface area contributed by atoms with Crippen molar-refractivity contribution in [2.45, 2.75) is 5.92 Å². The lowest BCUT2D eigenvalue weighted by Gasteiger charge is -2.34. The van der Waals surface area contributed by atoms with E-state index in [9.17, 15) is 10.1 Å². The molecule has 0 N–H and O–H groups in total. The molecule has 7 nitrogen and oxygen atoms in total. The number of ether oxygens (including phenoxy) is 1. The Morgan fingerprint density at radius 2 is 1.83 bits per heavy atom. The van der Waals surface area contributed by atoms with E-state index in [-0.39, 0.29) is 0 Å². The van der Waals surface area contributed by atoms with Crippen LogP contribution in [-0.2, 0) is 9.53 Å². The van der Waals surface area contributed by atoms with Gasteiger partial charge in [0.1, 0.15) is 5.69 Å². The third kappa shape index (κ3) is 3.01. The molecule has 2 aromatic rings. The lowest BCUT2D eigenvalue weighted by molar-refractivity contribution is -0.141. The number of likely N-dealkylation sites (N-methyl/N-ethyl adjacent to an activating group) is 1. The van der Waals surface area contributed by atoms with Crippen molar-refractivity contribution in [3.05, 3.63) is 30.0 Å². The molecule has 1 aliphatic rings. The van der Waals surface area contributed by atoms with Gasteiger partial charge in [-0.05, 0) is 19.2 Å². The van der Waals surface area contributed by atoms with E-state index in [4.69, 9.17) is 9.72 Å². The van der Waals surface area contributed by atoms with Crippen LogP contribution in [-0.4, -0.2) is 61.2 Å². The van der Waals surface area contributed by atoms with Gasteiger partial charge in [-0.15, -0.1) is 0 Å². The highest BCUT2D eigenvalue weighted by Gasteiger charge is 2.30. The first-order valence-corrected chi connectivity index (χ1v) is 7.81. The number of piperazine rings is 1. The number of nitrogens with zero attached hydrogens (tertiary/aromatic N) is 5. The highest BCUT2D eigenvalue weighted by molar-refractivity contribution is 5.85. The number of benzene rings is 1. The van der Waals surface area contributed by atoms with Crippen LogP contribution in [0.15, 0.2) is 24.3 Å². The first kappa shape index (κ1) is 16.1. The van der Waals surface area contributed by atoms with Gasteiger partial charge in [0.05, 0.1) is 24.2 Å². The minimum Gasteiger partial charge on any atom is -0.468 e. The van der Waals surface area contributed by atoms with Gasteiger partial charge in [0.2, 0.25) is 0 Å². The maximum atomic E-state index is 12.0. The second-order valence-corrected chi connectivity index (χ2v) is 5.80. The molecule has 3 rings (SSSR count). The SMILES string of the molecule is COC(=O)C(C#N)c1nc2ccccc2nc1N1CCN(C)CC1. The molecule has 0 radical (unpaired) electrons. The molecule has 2 heterocycles. The number of nitriles is 1. The average molecular weight is 325 g/mol. The molecular weight excluding hydrogens is 306 g/mol. The van der Waals surface area contributed by atoms with Crippen molar-refractivity contribution in [1.29, 1.82) is 5.26 Å². The quantitative estimate of drug-likeness (QED) is 0.783. The van der Waals surface area contributed by atoms with Crippen molar-refractivity contribution >= 4 is 22.8 Å². The van der Waals surface area contributed by atoms with Crippen LogP contribution in [0.3, 0.4) is 0 Å². The van der Waals surface area contributed by atoms with Crippen molar-refractivity contribution in [2.24, 2.45) is 0 Å². The van der Waals surface area contributed by atoms with Gasteiger partial charge in [-0.1, -0.05) is 12.1 Å². The van der Waals surface area contributed by atoms with E-state index in [0.29, 0.717) is 17.0 Å². The van der Waals surface area contributed by atoms with Gasteiger partial charge in [-0.2, -0.15) is 5.26 Å². The predicted octanol–water partition coefficient (Wildman–Crippen LogP) is 1.16. The summed E-state index contributed by atoms with van der Waals surface area (Å²) in [5, 5.41) is 9.47. The molecule has 1 aromatic heterocycles. The molecule has 1 saturated heterocycles. The molecule has 1 fully saturated rings. The van der Waals surface area contributed by atoms with E-state index < -0.39 is 11.9 Å². The van der Waals surface area contributed by atoms with Gasteiger partial charge in [-0.25, -0.2) is 9.97 Å². The van der Waals surface area contributed by atoms with E-state index in [1.165, 1.54) is 7.11 Å². The Labute approximate surface area is 140 Å². The molecule has 1 atom stereocenters. The van der Waals surface area contributed by atoms with Crippen molar-refractivity contribution in [1.82, 2.24) is 14.9 Å². The lowest BCUT2D eigenvalue weighted by atomic mass is 10.1. The molecule has 0 amide bonds. The predicted molar refractivity (Wildman–Crippen MR) is 89.6 cm³/mol. The van der Waals surface area contributed by atoms with E-state index in [1.54, 1.807) is 0 Å². The second-order valence-electron chi connectivity index (χ2n) is 5.80. The summed E-state index contributed by atoms with van der Waals surface area (Å²) in [6.07, 6.45) is 0. The Bertz CT molecular complexity index is 793. The fourth-order valence-corrected chi connectivity index (χ4v) is 2.79. The Kier molecular flexibility index (Phi) is 4.58. The first-order chi connectivity index (χ1) is 11.6. The third-order valence-electron chi connectivity index (χ3n) is 4.22. The molecule has 0 bridgehead atoms. The van der Waals surface area contributed by atoms with Crippen molar-refractivity contribution < 1.29 is 9.53 Å². The van der Waals surface area contributed by atoms with Crippen LogP contribution in [0.25, 0.3) is 11.0 Å². The van der Waals surface area contributed by atoms with Crippen LogP contribution < -0.4 is 4.90 Å². The van der Waals surface area contributed by atoms with E-state index >= 15 is 0 Å². The number of rotatable bonds is 3. The average Bonchev–Trinajstić information content (AvgIpc) is 2.62. The summed E-state index contributed by atoms with van der Waals surface area (Å²) in [4.78, 5) is 25.6. The molecule has 1 unspecified atom stereocenters. The van der Waals surface area contributed by atoms with E-state index in [0.717, 1.165) is 31.7 Å². The molecule has 0 spiro atoms. The molecule has 0 aliphatic carbocycles. The Hall–Kier alpha value is -2.72. The molecule has 1 aromatic carbocycles. The van der Waals surface area contributed by atoms with Crippen LogP contribution in [0.1, 0.15) is 11.6 Å². The van der Waals surface area contributed by atoms with Gasteiger partial charge in [0, 0.05) is 26.2 Å². The molecule has 24 heavy (non-hydrogen) atoms. The van der Waals surface area contributed by atoms with Crippen molar-refractivity contribution in [3.8, 4) is 6.07 Å². The molecule has 7 heteroatoms. The maximum Gasteiger partial charge on any atom is 0.329 e. The monoisotopic (exact) mass is 325 g/mol. The van der Waals surface area contributed by atoms with E-state index in [2.05, 4.69) is 21.8 Å². The zero-order chi connectivity index (χ0) is 17.1. The summed E-state index contributed by atoms with van der Waals surface area (Å²) in [6, 6.07) is 9.47. The first-order valence-electron chi connectivity index (χ1n) is 7.81. The molecule has 1 aliphatic heterocycles. The van der Waals surface area contributed by atoms with Crippen LogP contribution >= 0.6 is 0 Å². The normalized spacial score (nSPS) is 16.6. The summed E-state index contributed by atoms with van der Waals surface area (Å²) < 4.78 is 4.77. The number of aromatic nitrogens is 2. The van der Waals surface area contributed by atoms with Crippen LogP contribution in [0.4, 0.5) is 5.82 Å². The molecule has 124 valence electrons. The zero-order valence-corrected chi connectivity index (χ0v) is 13.8. The van der Waals surface area contributed by atoms with Crippen LogP contribution in [0.5, 0.6) is 0 Å². The largest absolute Gasteiger partial charge is 0.468 e. The van der Waals surface area contributed by atoms with Gasteiger partial charge in [0.15, 0.2) is 11.7 Å². The fraction of sp³-hybridized carbons (Fsp3) is 0.412. The van der Waals surface area contributed by atoms with E-state index in [1.807, 2.05) is 30.3 Å². The third-order valence-corrected chi connectivity index (χ3v) is 4.22. The lowest BCUT2D eigenvalue weighted by Crippen LogP contribution is -2.45. The van der Waals surface area contributed by atoms with Crippen LogP contribution in [0.2, 0.25) is 0 Å². The number of methoxy groups -OCH3 is 1. The van der Waals surface area contributed by atoms with Crippen LogP contribution in [0, 0.1) is 11.3 Å². The Morgan fingerprint density at radius 1 is 1.21 bits per heavy atom. The van der Waals surface area contributed by atoms with Gasteiger partial charge in [0.25, 0.3) is 0 Å². The molecular formula is C17H19N5O2. The number of carbonyl (C=O) groups excluding carboxylic acids is 1. The second kappa shape index (κ2) is 6.81. The fourth-order valence-electron chi connectivity index (χ4n) is 2.79. The number of anilines is 1. The Morgan fingerprint density at radius 3 is 2.42 bits per heavy atom. The number of esters is 1. The van der Waals surface area contributed by atoms with Gasteiger partial charge in [-0.3, -0.25) is 4.79 Å². The standard InChI is InChI=1S/C17H19N5O2/c1-21-7-9-22(10-8-21)16-15(12(11-18)17(23)24-2)19-13-5-3-4-6-14(13)20-16/h3-6,12H,7-10H2,1-2H3. The highest BCUT2D eigenvalue weighted by atomic mass is 16.5. The molecule has 0 saturated carbocycles. The minimum atomic E-state index is -1.08. The zero-order valence-electron chi connectivity index (χ0n) is 13.8. The number of hydrogen-bond donors (Lipinski definition) is 0. The number of hydrogen-bond acceptors (Lipinski definition) is 7. The number of carbonyl (C=O) groups is 1. The Balaban J connectivity index is 2.12. The number of para-hydroxylation sites is 2. The minimum absolute atomic E-state index is 0.368. The van der Waals surface area contributed by atoms with Gasteiger partial charge < -0.3 is 14.5 Å².